The summed E-state index contributed by atoms with van der Waals surface area (Å²) in [6.45, 7) is 4.58. The van der Waals surface area contributed by atoms with Crippen LogP contribution in [0.5, 0.6) is 5.75 Å². The Kier molecular flexibility index (Phi) is 6.91. The van der Waals surface area contributed by atoms with Gasteiger partial charge < -0.3 is 15.4 Å². The first-order valence-corrected chi connectivity index (χ1v) is 10.2. The number of aryl methyl sites for hydroxylation is 2. The van der Waals surface area contributed by atoms with Gasteiger partial charge in [-0.2, -0.15) is 0 Å². The van der Waals surface area contributed by atoms with Crippen molar-refractivity contribution in [3.8, 4) is 5.75 Å². The number of carbonyl (C=O) groups is 2. The van der Waals surface area contributed by atoms with Crippen LogP contribution in [0.25, 0.3) is 0 Å². The lowest BCUT2D eigenvalue weighted by atomic mass is 9.81. The maximum absolute atomic E-state index is 12.7. The zero-order valence-electron chi connectivity index (χ0n) is 17.5. The van der Waals surface area contributed by atoms with Gasteiger partial charge in [-0.1, -0.05) is 35.9 Å². The molecule has 1 aliphatic rings. The molecule has 1 aliphatic carbocycles. The molecule has 0 aromatic heterocycles. The van der Waals surface area contributed by atoms with Gasteiger partial charge in [0.25, 0.3) is 0 Å². The van der Waals surface area contributed by atoms with E-state index in [0.717, 1.165) is 36.8 Å². The molecule has 5 nitrogen and oxygen atoms in total. The Morgan fingerprint density at radius 2 is 1.48 bits per heavy atom. The van der Waals surface area contributed by atoms with Gasteiger partial charge in [-0.15, -0.1) is 0 Å². The van der Waals surface area contributed by atoms with Crippen molar-refractivity contribution in [3.63, 3.8) is 0 Å². The molecule has 0 spiro atoms. The van der Waals surface area contributed by atoms with Crippen molar-refractivity contribution in [2.45, 2.75) is 46.1 Å². The molecule has 29 heavy (non-hydrogen) atoms. The van der Waals surface area contributed by atoms with Crippen LogP contribution in [0.15, 0.2) is 42.5 Å². The van der Waals surface area contributed by atoms with Crippen LogP contribution >= 0.6 is 0 Å². The van der Waals surface area contributed by atoms with Crippen molar-refractivity contribution >= 4 is 17.5 Å². The molecule has 2 amide bonds. The fourth-order valence-corrected chi connectivity index (χ4v) is 3.81. The number of hydrogen-bond acceptors (Lipinski definition) is 3. The average molecular weight is 395 g/mol. The fraction of sp³-hybridized carbons (Fsp3) is 0.417. The molecular weight excluding hydrogens is 364 g/mol. The van der Waals surface area contributed by atoms with E-state index in [1.807, 2.05) is 44.2 Å². The van der Waals surface area contributed by atoms with Crippen LogP contribution in [0.4, 0.5) is 5.69 Å². The highest BCUT2D eigenvalue weighted by Crippen LogP contribution is 2.31. The van der Waals surface area contributed by atoms with E-state index in [1.165, 1.54) is 5.56 Å². The van der Waals surface area contributed by atoms with Crippen molar-refractivity contribution in [2.24, 2.45) is 11.8 Å². The Balaban J connectivity index is 1.48. The Labute approximate surface area is 172 Å². The van der Waals surface area contributed by atoms with Crippen molar-refractivity contribution in [2.75, 3.05) is 12.4 Å². The third-order valence-corrected chi connectivity index (χ3v) is 5.67. The van der Waals surface area contributed by atoms with Gasteiger partial charge in [0.05, 0.1) is 12.8 Å². The van der Waals surface area contributed by atoms with E-state index in [0.29, 0.717) is 18.0 Å². The molecule has 2 N–H and O–H groups in total. The summed E-state index contributed by atoms with van der Waals surface area (Å²) in [6.07, 6.45) is 2.93. The number of anilines is 1. The topological polar surface area (TPSA) is 67.4 Å². The quantitative estimate of drug-likeness (QED) is 0.764. The largest absolute Gasteiger partial charge is 0.495 e. The van der Waals surface area contributed by atoms with E-state index in [9.17, 15) is 9.59 Å². The SMILES string of the molecule is COc1ccc(C)cc1NC(=O)C1CCC(C(=O)NCc2ccc(C)cc2)CC1. The van der Waals surface area contributed by atoms with Crippen molar-refractivity contribution in [1.29, 1.82) is 0 Å². The summed E-state index contributed by atoms with van der Waals surface area (Å²) in [6, 6.07) is 13.9. The number of nitrogens with one attached hydrogen (secondary N) is 2. The minimum absolute atomic E-state index is 0.00686. The number of benzene rings is 2. The van der Waals surface area contributed by atoms with Gasteiger partial charge in [-0.25, -0.2) is 0 Å². The highest BCUT2D eigenvalue weighted by molar-refractivity contribution is 5.94. The van der Waals surface area contributed by atoms with Crippen molar-refractivity contribution in [1.82, 2.24) is 5.32 Å². The molecule has 0 saturated heterocycles. The summed E-state index contributed by atoms with van der Waals surface area (Å²) in [5.74, 6) is 0.671. The first-order valence-electron chi connectivity index (χ1n) is 10.2. The molecule has 0 atom stereocenters. The van der Waals surface area contributed by atoms with E-state index in [2.05, 4.69) is 22.8 Å². The van der Waals surface area contributed by atoms with Gasteiger partial charge in [0.15, 0.2) is 0 Å². The second-order valence-electron chi connectivity index (χ2n) is 7.94. The molecule has 2 aromatic rings. The molecule has 1 saturated carbocycles. The number of rotatable bonds is 6. The van der Waals surface area contributed by atoms with Crippen LogP contribution in [0, 0.1) is 25.7 Å². The van der Waals surface area contributed by atoms with Crippen LogP contribution in [0.1, 0.15) is 42.4 Å². The monoisotopic (exact) mass is 394 g/mol. The molecule has 0 unspecified atom stereocenters. The Morgan fingerprint density at radius 1 is 0.897 bits per heavy atom. The summed E-state index contributed by atoms with van der Waals surface area (Å²) in [4.78, 5) is 25.2. The predicted molar refractivity (Wildman–Crippen MR) is 115 cm³/mol. The minimum atomic E-state index is -0.0682. The van der Waals surface area contributed by atoms with Crippen LogP contribution < -0.4 is 15.4 Å². The third kappa shape index (κ3) is 5.59. The highest BCUT2D eigenvalue weighted by Gasteiger charge is 2.30. The Morgan fingerprint density at radius 3 is 2.10 bits per heavy atom. The summed E-state index contributed by atoms with van der Waals surface area (Å²) >= 11 is 0. The molecule has 0 aliphatic heterocycles. The lowest BCUT2D eigenvalue weighted by molar-refractivity contribution is -0.128. The maximum atomic E-state index is 12.7. The summed E-state index contributed by atoms with van der Waals surface area (Å²) in [7, 11) is 1.60. The van der Waals surface area contributed by atoms with E-state index >= 15 is 0 Å². The summed E-state index contributed by atoms with van der Waals surface area (Å²) < 4.78 is 5.34. The lowest BCUT2D eigenvalue weighted by Crippen LogP contribution is -2.35. The lowest BCUT2D eigenvalue weighted by Gasteiger charge is -2.27. The maximum Gasteiger partial charge on any atom is 0.227 e. The Bertz CT molecular complexity index is 853. The molecule has 2 aromatic carbocycles. The number of carbonyl (C=O) groups excluding carboxylic acids is 2. The summed E-state index contributed by atoms with van der Waals surface area (Å²) in [5.41, 5.74) is 4.08. The van der Waals surface area contributed by atoms with Crippen molar-refractivity contribution < 1.29 is 14.3 Å². The zero-order valence-corrected chi connectivity index (χ0v) is 17.5. The zero-order chi connectivity index (χ0) is 20.8. The van der Waals surface area contributed by atoms with Gasteiger partial charge in [-0.3, -0.25) is 9.59 Å². The molecular formula is C24H30N2O3. The van der Waals surface area contributed by atoms with Gasteiger partial charge in [0, 0.05) is 18.4 Å². The number of methoxy groups -OCH3 is 1. The number of amides is 2. The first-order chi connectivity index (χ1) is 14.0. The standard InChI is InChI=1S/C24H30N2O3/c1-16-4-7-18(8-5-16)15-25-23(27)19-9-11-20(12-10-19)24(28)26-21-14-17(2)6-13-22(21)29-3/h4-8,13-14,19-20H,9-12,15H2,1-3H3,(H,25,27)(H,26,28). The molecule has 0 bridgehead atoms. The highest BCUT2D eigenvalue weighted by atomic mass is 16.5. The number of ether oxygens (including phenoxy) is 1. The van der Waals surface area contributed by atoms with E-state index in [1.54, 1.807) is 7.11 Å². The van der Waals surface area contributed by atoms with Gasteiger partial charge in [-0.05, 0) is 62.8 Å². The van der Waals surface area contributed by atoms with Crippen LogP contribution in [0.3, 0.4) is 0 Å². The minimum Gasteiger partial charge on any atom is -0.495 e. The number of hydrogen-bond donors (Lipinski definition) is 2. The Hall–Kier alpha value is -2.82. The molecule has 3 rings (SSSR count). The average Bonchev–Trinajstić information content (AvgIpc) is 2.73. The molecule has 0 heterocycles. The molecule has 154 valence electrons. The normalized spacial score (nSPS) is 18.7. The fourth-order valence-electron chi connectivity index (χ4n) is 3.81. The van der Waals surface area contributed by atoms with E-state index in [-0.39, 0.29) is 23.7 Å². The van der Waals surface area contributed by atoms with Crippen LogP contribution in [-0.4, -0.2) is 18.9 Å². The van der Waals surface area contributed by atoms with Gasteiger partial charge in [0.1, 0.15) is 5.75 Å². The molecule has 1 fully saturated rings. The smallest absolute Gasteiger partial charge is 0.227 e. The third-order valence-electron chi connectivity index (χ3n) is 5.67. The predicted octanol–water partition coefficient (Wildman–Crippen LogP) is 4.37. The molecule has 5 heteroatoms. The molecule has 0 radical (unpaired) electrons. The van der Waals surface area contributed by atoms with Crippen LogP contribution in [0.2, 0.25) is 0 Å². The van der Waals surface area contributed by atoms with Crippen molar-refractivity contribution in [3.05, 3.63) is 59.2 Å². The van der Waals surface area contributed by atoms with E-state index in [4.69, 9.17) is 4.74 Å². The second kappa shape index (κ2) is 9.59. The van der Waals surface area contributed by atoms with Gasteiger partial charge in [0.2, 0.25) is 11.8 Å². The first kappa shape index (κ1) is 20.9. The summed E-state index contributed by atoms with van der Waals surface area (Å²) in [5, 5.41) is 6.04. The second-order valence-corrected chi connectivity index (χ2v) is 7.94. The van der Waals surface area contributed by atoms with Gasteiger partial charge >= 0.3 is 0 Å². The van der Waals surface area contributed by atoms with E-state index < -0.39 is 0 Å². The van der Waals surface area contributed by atoms with Crippen LogP contribution in [-0.2, 0) is 16.1 Å².